The van der Waals surface area contributed by atoms with Crippen LogP contribution in [0.25, 0.3) is 0 Å². The zero-order chi connectivity index (χ0) is 27.5. The number of hydrogen-bond donors (Lipinski definition) is 1. The summed E-state index contributed by atoms with van der Waals surface area (Å²) in [5, 5.41) is 2.76. The van der Waals surface area contributed by atoms with E-state index in [0.29, 0.717) is 24.4 Å². The number of anilines is 1. The maximum atomic E-state index is 13.3. The van der Waals surface area contributed by atoms with Crippen molar-refractivity contribution in [2.75, 3.05) is 18.5 Å². The van der Waals surface area contributed by atoms with E-state index in [4.69, 9.17) is 4.74 Å². The van der Waals surface area contributed by atoms with Crippen molar-refractivity contribution in [1.82, 2.24) is 5.32 Å². The van der Waals surface area contributed by atoms with Crippen LogP contribution in [-0.4, -0.2) is 26.1 Å². The lowest BCUT2D eigenvalue weighted by atomic mass is 9.97. The number of carbonyl (C=O) groups is 1. The largest absolute Gasteiger partial charge is 0.458 e. The first-order valence-corrected chi connectivity index (χ1v) is 10.5. The number of nitrogens with zero attached hydrogens (tertiary/aromatic N) is 1. The van der Waals surface area contributed by atoms with Gasteiger partial charge in [0, 0.05) is 31.9 Å². The van der Waals surface area contributed by atoms with Crippen molar-refractivity contribution >= 4 is 12.2 Å². The van der Waals surface area contributed by atoms with Crippen LogP contribution in [0.4, 0.5) is 45.2 Å². The molecule has 2 rings (SSSR count). The van der Waals surface area contributed by atoms with Gasteiger partial charge in [-0.05, 0) is 61.4 Å². The molecule has 0 saturated heterocycles. The monoisotopic (exact) mass is 530 g/mol. The van der Waals surface area contributed by atoms with Gasteiger partial charge in [-0.1, -0.05) is 0 Å². The molecule has 0 aliphatic rings. The van der Waals surface area contributed by atoms with E-state index in [2.05, 4.69) is 5.32 Å². The summed E-state index contributed by atoms with van der Waals surface area (Å²) < 4.78 is 124. The van der Waals surface area contributed by atoms with Gasteiger partial charge in [-0.2, -0.15) is 39.5 Å². The lowest BCUT2D eigenvalue weighted by Crippen LogP contribution is -2.34. The first-order chi connectivity index (χ1) is 16.5. The summed E-state index contributed by atoms with van der Waals surface area (Å²) in [5.74, 6) is 0. The van der Waals surface area contributed by atoms with Gasteiger partial charge in [0.25, 0.3) is 6.47 Å². The predicted octanol–water partition coefficient (Wildman–Crippen LogP) is 6.59. The Morgan fingerprint density at radius 1 is 0.889 bits per heavy atom. The topological polar surface area (TPSA) is 41.6 Å². The Bertz CT molecular complexity index is 1020. The van der Waals surface area contributed by atoms with E-state index < -0.39 is 52.9 Å². The van der Waals surface area contributed by atoms with Crippen LogP contribution in [0.3, 0.4) is 0 Å². The molecule has 2 unspecified atom stereocenters. The summed E-state index contributed by atoms with van der Waals surface area (Å²) in [6, 6.07) is 2.76. The summed E-state index contributed by atoms with van der Waals surface area (Å²) >= 11 is 0. The van der Waals surface area contributed by atoms with Crippen LogP contribution in [0.2, 0.25) is 0 Å². The molecule has 13 heteroatoms. The molecule has 0 radical (unpaired) electrons. The van der Waals surface area contributed by atoms with Crippen molar-refractivity contribution in [2.24, 2.45) is 0 Å². The van der Waals surface area contributed by atoms with Crippen molar-refractivity contribution < 1.29 is 49.0 Å². The minimum atomic E-state index is -5.12. The fourth-order valence-electron chi connectivity index (χ4n) is 3.51. The number of alkyl halides is 9. The fourth-order valence-corrected chi connectivity index (χ4v) is 3.51. The molecule has 0 fully saturated rings. The number of ether oxygens (including phenoxy) is 1. The normalized spacial score (nSPS) is 14.3. The molecule has 4 nitrogen and oxygen atoms in total. The molecule has 36 heavy (non-hydrogen) atoms. The van der Waals surface area contributed by atoms with Gasteiger partial charge in [0.2, 0.25) is 0 Å². The molecular formula is C23H23F9N2O2. The second-order valence-corrected chi connectivity index (χ2v) is 8.02. The number of hydrogen-bond acceptors (Lipinski definition) is 4. The number of nitrogens with one attached hydrogen (secondary N) is 1. The Morgan fingerprint density at radius 3 is 1.86 bits per heavy atom. The lowest BCUT2D eigenvalue weighted by Gasteiger charge is -2.27. The van der Waals surface area contributed by atoms with Crippen LogP contribution >= 0.6 is 0 Å². The van der Waals surface area contributed by atoms with Gasteiger partial charge in [-0.25, -0.2) is 0 Å². The molecule has 2 aromatic rings. The molecule has 0 saturated carbocycles. The van der Waals surface area contributed by atoms with Gasteiger partial charge in [-0.15, -0.1) is 0 Å². The van der Waals surface area contributed by atoms with Crippen LogP contribution in [0, 0.1) is 0 Å². The summed E-state index contributed by atoms with van der Waals surface area (Å²) in [6.45, 7) is 3.14. The second kappa shape index (κ2) is 11.0. The highest BCUT2D eigenvalue weighted by molar-refractivity contribution is 5.55. The molecule has 0 aliphatic heterocycles. The van der Waals surface area contributed by atoms with Crippen LogP contribution < -0.4 is 10.2 Å². The molecular weight excluding hydrogens is 507 g/mol. The summed E-state index contributed by atoms with van der Waals surface area (Å²) in [4.78, 5) is 12.7. The maximum Gasteiger partial charge on any atom is 0.416 e. The van der Waals surface area contributed by atoms with E-state index in [1.54, 1.807) is 18.9 Å². The molecule has 0 heterocycles. The third kappa shape index (κ3) is 7.28. The van der Waals surface area contributed by atoms with Crippen molar-refractivity contribution in [3.63, 3.8) is 0 Å². The van der Waals surface area contributed by atoms with Crippen LogP contribution in [0.15, 0.2) is 36.4 Å². The zero-order valence-electron chi connectivity index (χ0n) is 19.3. The minimum absolute atomic E-state index is 0.0605. The van der Waals surface area contributed by atoms with Crippen LogP contribution in [0.1, 0.15) is 47.8 Å². The lowest BCUT2D eigenvalue weighted by molar-refractivity contribution is -0.143. The Hall–Kier alpha value is -2.96. The average molecular weight is 530 g/mol. The van der Waals surface area contributed by atoms with Gasteiger partial charge in [0.1, 0.15) is 6.10 Å². The highest BCUT2D eigenvalue weighted by Gasteiger charge is 2.38. The highest BCUT2D eigenvalue weighted by Crippen LogP contribution is 2.39. The smallest absolute Gasteiger partial charge is 0.416 e. The second-order valence-electron chi connectivity index (χ2n) is 8.02. The van der Waals surface area contributed by atoms with E-state index in [9.17, 15) is 44.3 Å². The number of halogens is 9. The van der Waals surface area contributed by atoms with Gasteiger partial charge < -0.3 is 15.0 Å². The third-order valence-electron chi connectivity index (χ3n) is 5.50. The Balaban J connectivity index is 2.45. The summed E-state index contributed by atoms with van der Waals surface area (Å²) in [7, 11) is 1.63. The van der Waals surface area contributed by atoms with Crippen molar-refractivity contribution in [1.29, 1.82) is 0 Å². The zero-order valence-corrected chi connectivity index (χ0v) is 19.3. The summed E-state index contributed by atoms with van der Waals surface area (Å²) in [6.07, 6.45) is -16.5. The Kier molecular flexibility index (Phi) is 8.92. The molecule has 0 bridgehead atoms. The molecule has 200 valence electrons. The standard InChI is InChI=1S/C23H23F9N2O2/c1-4-34(3)19-6-5-16(21(24,25)26)9-15(19)11-33-13(2)20(36-12-35)14-7-17(22(27,28)29)10-18(8-14)23(30,31)32/h5-10,12-13,20,33H,4,11H2,1-3H3. The Morgan fingerprint density at radius 2 is 1.42 bits per heavy atom. The fraction of sp³-hybridized carbons (Fsp3) is 0.435. The third-order valence-corrected chi connectivity index (χ3v) is 5.50. The van der Waals surface area contributed by atoms with Crippen LogP contribution in [0.5, 0.6) is 0 Å². The number of carbonyl (C=O) groups excluding carboxylic acids is 1. The van der Waals surface area contributed by atoms with Gasteiger partial charge >= 0.3 is 18.5 Å². The first kappa shape index (κ1) is 29.3. The van der Waals surface area contributed by atoms with Gasteiger partial charge in [0.05, 0.1) is 16.7 Å². The van der Waals surface area contributed by atoms with Gasteiger partial charge in [-0.3, -0.25) is 4.79 Å². The average Bonchev–Trinajstić information content (AvgIpc) is 2.78. The van der Waals surface area contributed by atoms with E-state index in [0.717, 1.165) is 12.1 Å². The van der Waals surface area contributed by atoms with Gasteiger partial charge in [0.15, 0.2) is 0 Å². The highest BCUT2D eigenvalue weighted by atomic mass is 19.4. The van der Waals surface area contributed by atoms with E-state index in [1.165, 1.54) is 13.0 Å². The predicted molar refractivity (Wildman–Crippen MR) is 113 cm³/mol. The summed E-state index contributed by atoms with van der Waals surface area (Å²) in [5.41, 5.74) is -4.11. The van der Waals surface area contributed by atoms with E-state index in [1.807, 2.05) is 0 Å². The Labute approximate surface area is 201 Å². The van der Waals surface area contributed by atoms with Crippen molar-refractivity contribution in [3.8, 4) is 0 Å². The molecule has 0 aliphatic carbocycles. The van der Waals surface area contributed by atoms with Crippen molar-refractivity contribution in [3.05, 3.63) is 64.2 Å². The van der Waals surface area contributed by atoms with Crippen molar-refractivity contribution in [2.45, 2.75) is 51.1 Å². The molecule has 0 aromatic heterocycles. The molecule has 2 aromatic carbocycles. The molecule has 1 N–H and O–H groups in total. The quantitative estimate of drug-likeness (QED) is 0.293. The first-order valence-electron chi connectivity index (χ1n) is 10.5. The molecule has 0 spiro atoms. The minimum Gasteiger partial charge on any atom is -0.458 e. The van der Waals surface area contributed by atoms with E-state index >= 15 is 0 Å². The number of benzene rings is 2. The van der Waals surface area contributed by atoms with E-state index in [-0.39, 0.29) is 24.6 Å². The molecule has 0 amide bonds. The maximum absolute atomic E-state index is 13.3. The SMILES string of the molecule is CCN(C)c1ccc(C(F)(F)F)cc1CNC(C)C(OC=O)c1cc(C(F)(F)F)cc(C(F)(F)F)c1. The number of rotatable bonds is 9. The molecule has 2 atom stereocenters. The van der Waals surface area contributed by atoms with Crippen LogP contribution in [-0.2, 0) is 34.6 Å².